The number of esters is 2. The summed E-state index contributed by atoms with van der Waals surface area (Å²) in [5.74, 6) is -1.72. The Hall–Kier alpha value is -4.06. The predicted molar refractivity (Wildman–Crippen MR) is 122 cm³/mol. The van der Waals surface area contributed by atoms with Crippen LogP contribution in [0.5, 0.6) is 11.5 Å². The van der Waals surface area contributed by atoms with Crippen LogP contribution in [-0.2, 0) is 32.3 Å². The van der Waals surface area contributed by atoms with Gasteiger partial charge in [0, 0.05) is 25.5 Å². The molecule has 0 spiro atoms. The fourth-order valence-corrected chi connectivity index (χ4v) is 3.26. The van der Waals surface area contributed by atoms with Gasteiger partial charge >= 0.3 is 11.9 Å². The van der Waals surface area contributed by atoms with Crippen LogP contribution in [0, 0.1) is 0 Å². The van der Waals surface area contributed by atoms with Crippen molar-refractivity contribution in [1.29, 1.82) is 0 Å². The van der Waals surface area contributed by atoms with Crippen molar-refractivity contribution < 1.29 is 28.5 Å². The molecule has 168 valence electrons. The summed E-state index contributed by atoms with van der Waals surface area (Å²) in [5.41, 5.74) is 2.34. The fraction of sp³-hybridized carbons (Fsp3) is 0.185. The van der Waals surface area contributed by atoms with Crippen LogP contribution >= 0.6 is 0 Å². The molecule has 1 heterocycles. The van der Waals surface area contributed by atoms with Crippen LogP contribution in [0.4, 0.5) is 0 Å². The van der Waals surface area contributed by atoms with E-state index in [1.807, 2.05) is 60.7 Å². The Balaban J connectivity index is 1.60. The molecular weight excluding hydrogens is 420 g/mol. The second kappa shape index (κ2) is 9.61. The lowest BCUT2D eigenvalue weighted by molar-refractivity contribution is -0.222. The summed E-state index contributed by atoms with van der Waals surface area (Å²) in [5, 5.41) is 0. The quantitative estimate of drug-likeness (QED) is 0.288. The Morgan fingerprint density at radius 3 is 1.88 bits per heavy atom. The molecule has 1 fully saturated rings. The van der Waals surface area contributed by atoms with E-state index in [1.54, 1.807) is 18.2 Å². The molecule has 33 heavy (non-hydrogen) atoms. The van der Waals surface area contributed by atoms with Crippen molar-refractivity contribution in [3.05, 3.63) is 101 Å². The van der Waals surface area contributed by atoms with E-state index in [1.165, 1.54) is 19.9 Å². The van der Waals surface area contributed by atoms with Crippen molar-refractivity contribution in [1.82, 2.24) is 0 Å². The average Bonchev–Trinajstić information content (AvgIpc) is 2.80. The van der Waals surface area contributed by atoms with E-state index in [0.29, 0.717) is 30.3 Å². The standard InChI is InChI=1S/C27H24O6/c1-27(2)32-25(28)23(26(29)33-27)15-21-13-14-22(30-17-19-9-5-3-6-10-19)16-24(21)31-18-20-11-7-4-8-12-20/h3-16H,17-18H2,1-2H3. The first kappa shape index (κ1) is 22.1. The smallest absolute Gasteiger partial charge is 0.348 e. The number of hydrogen-bond donors (Lipinski definition) is 0. The molecule has 0 unspecified atom stereocenters. The molecular formula is C27H24O6. The van der Waals surface area contributed by atoms with Crippen LogP contribution in [0.2, 0.25) is 0 Å². The van der Waals surface area contributed by atoms with Gasteiger partial charge in [-0.3, -0.25) is 0 Å². The Kier molecular flexibility index (Phi) is 6.45. The minimum Gasteiger partial charge on any atom is -0.489 e. The van der Waals surface area contributed by atoms with Gasteiger partial charge in [0.2, 0.25) is 0 Å². The van der Waals surface area contributed by atoms with Crippen LogP contribution in [0.15, 0.2) is 84.4 Å². The molecule has 6 nitrogen and oxygen atoms in total. The maximum Gasteiger partial charge on any atom is 0.348 e. The summed E-state index contributed by atoms with van der Waals surface area (Å²) >= 11 is 0. The SMILES string of the molecule is CC1(C)OC(=O)C(=Cc2ccc(OCc3ccccc3)cc2OCc2ccccc2)C(=O)O1. The zero-order valence-corrected chi connectivity index (χ0v) is 18.4. The summed E-state index contributed by atoms with van der Waals surface area (Å²) in [6.45, 7) is 3.72. The predicted octanol–water partition coefficient (Wildman–Crippen LogP) is 5.06. The lowest BCUT2D eigenvalue weighted by Gasteiger charge is -2.29. The minimum absolute atomic E-state index is 0.197. The molecule has 1 aliphatic rings. The second-order valence-electron chi connectivity index (χ2n) is 7.99. The molecule has 3 aromatic carbocycles. The van der Waals surface area contributed by atoms with Crippen molar-refractivity contribution in [2.75, 3.05) is 0 Å². The number of carbonyl (C=O) groups excluding carboxylic acids is 2. The fourth-order valence-electron chi connectivity index (χ4n) is 3.26. The lowest BCUT2D eigenvalue weighted by atomic mass is 10.1. The molecule has 0 saturated carbocycles. The van der Waals surface area contributed by atoms with Crippen molar-refractivity contribution in [3.63, 3.8) is 0 Å². The molecule has 1 saturated heterocycles. The van der Waals surface area contributed by atoms with E-state index in [0.717, 1.165) is 11.1 Å². The van der Waals surface area contributed by atoms with Gasteiger partial charge in [-0.15, -0.1) is 0 Å². The van der Waals surface area contributed by atoms with Crippen LogP contribution in [-0.4, -0.2) is 17.7 Å². The Morgan fingerprint density at radius 2 is 1.30 bits per heavy atom. The first-order chi connectivity index (χ1) is 15.9. The van der Waals surface area contributed by atoms with E-state index in [-0.39, 0.29) is 5.57 Å². The van der Waals surface area contributed by atoms with Crippen LogP contribution in [0.1, 0.15) is 30.5 Å². The molecule has 0 radical (unpaired) electrons. The average molecular weight is 444 g/mol. The Labute approximate surface area is 192 Å². The third-order valence-electron chi connectivity index (χ3n) is 4.89. The van der Waals surface area contributed by atoms with Crippen LogP contribution in [0.25, 0.3) is 6.08 Å². The van der Waals surface area contributed by atoms with Gasteiger partial charge in [-0.05, 0) is 29.3 Å². The van der Waals surface area contributed by atoms with E-state index >= 15 is 0 Å². The number of cyclic esters (lactones) is 2. The maximum atomic E-state index is 12.4. The summed E-state index contributed by atoms with van der Waals surface area (Å²) in [6, 6.07) is 24.7. The summed E-state index contributed by atoms with van der Waals surface area (Å²) < 4.78 is 22.3. The monoisotopic (exact) mass is 444 g/mol. The van der Waals surface area contributed by atoms with Gasteiger partial charge in [0.25, 0.3) is 5.79 Å². The first-order valence-corrected chi connectivity index (χ1v) is 10.6. The van der Waals surface area contributed by atoms with Gasteiger partial charge in [-0.2, -0.15) is 0 Å². The van der Waals surface area contributed by atoms with E-state index in [4.69, 9.17) is 18.9 Å². The summed E-state index contributed by atoms with van der Waals surface area (Å²) in [4.78, 5) is 24.8. The van der Waals surface area contributed by atoms with Crippen molar-refractivity contribution in [2.24, 2.45) is 0 Å². The van der Waals surface area contributed by atoms with E-state index in [2.05, 4.69) is 0 Å². The highest BCUT2D eigenvalue weighted by atomic mass is 16.7. The zero-order chi connectivity index (χ0) is 23.3. The van der Waals surface area contributed by atoms with Gasteiger partial charge in [0.05, 0.1) is 0 Å². The minimum atomic E-state index is -1.30. The largest absolute Gasteiger partial charge is 0.489 e. The van der Waals surface area contributed by atoms with Gasteiger partial charge in [0.15, 0.2) is 0 Å². The van der Waals surface area contributed by atoms with E-state index < -0.39 is 17.7 Å². The Morgan fingerprint density at radius 1 is 0.758 bits per heavy atom. The van der Waals surface area contributed by atoms with Gasteiger partial charge in [0.1, 0.15) is 30.3 Å². The van der Waals surface area contributed by atoms with Gasteiger partial charge < -0.3 is 18.9 Å². The highest BCUT2D eigenvalue weighted by Crippen LogP contribution is 2.31. The number of ether oxygens (including phenoxy) is 4. The number of rotatable bonds is 7. The summed E-state index contributed by atoms with van der Waals surface area (Å²) in [7, 11) is 0. The maximum absolute atomic E-state index is 12.4. The lowest BCUT2D eigenvalue weighted by Crippen LogP contribution is -2.41. The van der Waals surface area contributed by atoms with Crippen molar-refractivity contribution in [3.8, 4) is 11.5 Å². The molecule has 0 N–H and O–H groups in total. The van der Waals surface area contributed by atoms with Crippen molar-refractivity contribution in [2.45, 2.75) is 32.8 Å². The van der Waals surface area contributed by atoms with Crippen LogP contribution in [0.3, 0.4) is 0 Å². The Bertz CT molecular complexity index is 1140. The molecule has 3 aromatic rings. The molecule has 1 aliphatic heterocycles. The van der Waals surface area contributed by atoms with Gasteiger partial charge in [-0.1, -0.05) is 60.7 Å². The molecule has 0 atom stereocenters. The molecule has 0 aromatic heterocycles. The first-order valence-electron chi connectivity index (χ1n) is 10.6. The number of carbonyl (C=O) groups is 2. The van der Waals surface area contributed by atoms with Gasteiger partial charge in [-0.25, -0.2) is 9.59 Å². The molecule has 6 heteroatoms. The summed E-state index contributed by atoms with van der Waals surface area (Å²) in [6.07, 6.45) is 1.42. The number of benzene rings is 3. The topological polar surface area (TPSA) is 71.1 Å². The second-order valence-corrected chi connectivity index (χ2v) is 7.99. The molecule has 0 amide bonds. The highest BCUT2D eigenvalue weighted by molar-refractivity contribution is 6.19. The van der Waals surface area contributed by atoms with Crippen LogP contribution < -0.4 is 9.47 Å². The van der Waals surface area contributed by atoms with E-state index in [9.17, 15) is 9.59 Å². The number of hydrogen-bond acceptors (Lipinski definition) is 6. The molecule has 4 rings (SSSR count). The highest BCUT2D eigenvalue weighted by Gasteiger charge is 2.39. The molecule has 0 bridgehead atoms. The van der Waals surface area contributed by atoms with Crippen molar-refractivity contribution >= 4 is 18.0 Å². The third-order valence-corrected chi connectivity index (χ3v) is 4.89. The molecule has 0 aliphatic carbocycles. The zero-order valence-electron chi connectivity index (χ0n) is 18.4. The third kappa shape index (κ3) is 5.80. The normalized spacial score (nSPS) is 14.8.